The number of rotatable bonds is 3. The van der Waals surface area contributed by atoms with Crippen LogP contribution < -0.4 is 5.73 Å². The monoisotopic (exact) mass is 254 g/mol. The Labute approximate surface area is 103 Å². The molecule has 0 saturated heterocycles. The Bertz CT molecular complexity index is 538. The molecule has 0 aliphatic rings. The second-order valence-electron chi connectivity index (χ2n) is 3.55. The first-order valence-electron chi connectivity index (χ1n) is 5.26. The smallest absolute Gasteiger partial charge is 0.141 e. The van der Waals surface area contributed by atoms with Crippen molar-refractivity contribution in [3.05, 3.63) is 40.4 Å². The van der Waals surface area contributed by atoms with E-state index >= 15 is 0 Å². The molecule has 0 bridgehead atoms. The number of hydrogen-bond acceptors (Lipinski definition) is 3. The Morgan fingerprint density at radius 2 is 2.24 bits per heavy atom. The number of nitrogens with zero attached hydrogens (tertiary/aromatic N) is 3. The summed E-state index contributed by atoms with van der Waals surface area (Å²) in [5.41, 5.74) is 7.91. The van der Waals surface area contributed by atoms with Gasteiger partial charge in [0.15, 0.2) is 0 Å². The molecule has 0 fully saturated rings. The maximum absolute atomic E-state index is 13.1. The van der Waals surface area contributed by atoms with Crippen LogP contribution >= 0.6 is 11.6 Å². The molecule has 1 aromatic heterocycles. The molecule has 4 nitrogen and oxygen atoms in total. The molecule has 2 N–H and O–H groups in total. The molecule has 1 aromatic carbocycles. The van der Waals surface area contributed by atoms with Gasteiger partial charge in [0.25, 0.3) is 0 Å². The summed E-state index contributed by atoms with van der Waals surface area (Å²) in [6.45, 7) is 2.32. The molecule has 0 spiro atoms. The van der Waals surface area contributed by atoms with Gasteiger partial charge >= 0.3 is 0 Å². The number of nitrogens with two attached hydrogens (primary N) is 1. The second-order valence-corrected chi connectivity index (χ2v) is 3.96. The minimum atomic E-state index is -0.451. The van der Waals surface area contributed by atoms with Crippen LogP contribution in [0.4, 0.5) is 4.39 Å². The van der Waals surface area contributed by atoms with E-state index in [0.717, 1.165) is 17.8 Å². The number of benzene rings is 1. The van der Waals surface area contributed by atoms with E-state index in [2.05, 4.69) is 10.3 Å². The van der Waals surface area contributed by atoms with E-state index in [4.69, 9.17) is 17.3 Å². The molecule has 0 radical (unpaired) electrons. The fourth-order valence-electron chi connectivity index (χ4n) is 1.67. The first-order valence-corrected chi connectivity index (χ1v) is 5.64. The van der Waals surface area contributed by atoms with E-state index in [0.29, 0.717) is 12.2 Å². The molecule has 0 aliphatic heterocycles. The third-order valence-electron chi connectivity index (χ3n) is 2.52. The highest BCUT2D eigenvalue weighted by Gasteiger charge is 2.12. The summed E-state index contributed by atoms with van der Waals surface area (Å²) in [6.07, 6.45) is 0.745. The molecule has 2 rings (SSSR count). The van der Waals surface area contributed by atoms with Crippen molar-refractivity contribution in [2.75, 3.05) is 0 Å². The van der Waals surface area contributed by atoms with Crippen molar-refractivity contribution >= 4 is 11.6 Å². The van der Waals surface area contributed by atoms with Crippen LogP contribution in [0.3, 0.4) is 0 Å². The molecule has 0 aliphatic carbocycles. The van der Waals surface area contributed by atoms with Crippen LogP contribution in [-0.4, -0.2) is 15.0 Å². The van der Waals surface area contributed by atoms with Gasteiger partial charge in [-0.15, -0.1) is 5.10 Å². The minimum Gasteiger partial charge on any atom is -0.325 e. The van der Waals surface area contributed by atoms with Crippen molar-refractivity contribution < 1.29 is 4.39 Å². The molecule has 0 saturated carbocycles. The SMILES string of the molecule is CCc1c(CN)nnn1-c1ccc(F)c(Cl)c1. The van der Waals surface area contributed by atoms with Crippen LogP contribution in [0.1, 0.15) is 18.3 Å². The van der Waals surface area contributed by atoms with Crippen molar-refractivity contribution in [3.8, 4) is 5.69 Å². The van der Waals surface area contributed by atoms with Gasteiger partial charge in [0.2, 0.25) is 0 Å². The summed E-state index contributed by atoms with van der Waals surface area (Å²) < 4.78 is 14.7. The zero-order valence-electron chi connectivity index (χ0n) is 9.32. The van der Waals surface area contributed by atoms with Gasteiger partial charge in [0.05, 0.1) is 22.1 Å². The zero-order valence-corrected chi connectivity index (χ0v) is 10.1. The van der Waals surface area contributed by atoms with Crippen LogP contribution in [0.15, 0.2) is 18.2 Å². The van der Waals surface area contributed by atoms with Crippen LogP contribution in [0.2, 0.25) is 5.02 Å². The highest BCUT2D eigenvalue weighted by molar-refractivity contribution is 6.30. The fourth-order valence-corrected chi connectivity index (χ4v) is 1.84. The Morgan fingerprint density at radius 1 is 1.47 bits per heavy atom. The lowest BCUT2D eigenvalue weighted by molar-refractivity contribution is 0.627. The normalized spacial score (nSPS) is 10.8. The van der Waals surface area contributed by atoms with Crippen molar-refractivity contribution in [2.24, 2.45) is 5.73 Å². The average Bonchev–Trinajstić information content (AvgIpc) is 2.75. The summed E-state index contributed by atoms with van der Waals surface area (Å²) >= 11 is 5.74. The van der Waals surface area contributed by atoms with Gasteiger partial charge in [-0.1, -0.05) is 23.7 Å². The topological polar surface area (TPSA) is 56.7 Å². The van der Waals surface area contributed by atoms with Crippen LogP contribution in [0.5, 0.6) is 0 Å². The molecule has 90 valence electrons. The van der Waals surface area contributed by atoms with Gasteiger partial charge in [0.1, 0.15) is 5.82 Å². The standard InChI is InChI=1S/C11H12ClFN4/c1-2-11-10(6-14)15-16-17(11)7-3-4-9(13)8(12)5-7/h3-5H,2,6,14H2,1H3. The first kappa shape index (κ1) is 12.0. The lowest BCUT2D eigenvalue weighted by atomic mass is 10.2. The van der Waals surface area contributed by atoms with E-state index in [1.165, 1.54) is 12.1 Å². The van der Waals surface area contributed by atoms with Crippen LogP contribution in [0, 0.1) is 5.82 Å². The van der Waals surface area contributed by atoms with Gasteiger partial charge < -0.3 is 5.73 Å². The minimum absolute atomic E-state index is 0.0642. The predicted molar refractivity (Wildman–Crippen MR) is 63.6 cm³/mol. The quantitative estimate of drug-likeness (QED) is 0.912. The third kappa shape index (κ3) is 2.16. The Morgan fingerprint density at radius 3 is 2.82 bits per heavy atom. The summed E-state index contributed by atoms with van der Waals surface area (Å²) in [5.74, 6) is -0.451. The number of hydrogen-bond donors (Lipinski definition) is 1. The maximum atomic E-state index is 13.1. The van der Waals surface area contributed by atoms with Crippen LogP contribution in [-0.2, 0) is 13.0 Å². The lowest BCUT2D eigenvalue weighted by Crippen LogP contribution is -2.05. The van der Waals surface area contributed by atoms with Crippen molar-refractivity contribution in [2.45, 2.75) is 19.9 Å². The van der Waals surface area contributed by atoms with Gasteiger partial charge in [-0.05, 0) is 24.6 Å². The Balaban J connectivity index is 2.52. The van der Waals surface area contributed by atoms with Gasteiger partial charge in [-0.2, -0.15) is 0 Å². The van der Waals surface area contributed by atoms with E-state index < -0.39 is 5.82 Å². The highest BCUT2D eigenvalue weighted by Crippen LogP contribution is 2.20. The van der Waals surface area contributed by atoms with E-state index in [1.54, 1.807) is 10.7 Å². The summed E-state index contributed by atoms with van der Waals surface area (Å²) in [6, 6.07) is 4.43. The average molecular weight is 255 g/mol. The molecule has 0 atom stereocenters. The Hall–Kier alpha value is -1.46. The molecule has 17 heavy (non-hydrogen) atoms. The summed E-state index contributed by atoms with van der Waals surface area (Å²) in [4.78, 5) is 0. The molecule has 0 amide bonds. The second kappa shape index (κ2) is 4.81. The zero-order chi connectivity index (χ0) is 12.4. The molecule has 1 heterocycles. The summed E-state index contributed by atoms with van der Waals surface area (Å²) in [7, 11) is 0. The Kier molecular flexibility index (Phi) is 3.40. The van der Waals surface area contributed by atoms with Gasteiger partial charge in [-0.25, -0.2) is 9.07 Å². The maximum Gasteiger partial charge on any atom is 0.141 e. The summed E-state index contributed by atoms with van der Waals surface area (Å²) in [5, 5.41) is 8.05. The molecular weight excluding hydrogens is 243 g/mol. The third-order valence-corrected chi connectivity index (χ3v) is 2.81. The molecule has 2 aromatic rings. The molecular formula is C11H12ClFN4. The van der Waals surface area contributed by atoms with E-state index in [1.807, 2.05) is 6.92 Å². The van der Waals surface area contributed by atoms with Crippen molar-refractivity contribution in [1.82, 2.24) is 15.0 Å². The highest BCUT2D eigenvalue weighted by atomic mass is 35.5. The van der Waals surface area contributed by atoms with Gasteiger partial charge in [-0.3, -0.25) is 0 Å². The van der Waals surface area contributed by atoms with E-state index in [-0.39, 0.29) is 5.02 Å². The number of aromatic nitrogens is 3. The molecule has 6 heteroatoms. The lowest BCUT2D eigenvalue weighted by Gasteiger charge is -2.06. The van der Waals surface area contributed by atoms with Crippen molar-refractivity contribution in [3.63, 3.8) is 0 Å². The predicted octanol–water partition coefficient (Wildman–Crippen LogP) is 2.08. The van der Waals surface area contributed by atoms with Crippen LogP contribution in [0.25, 0.3) is 5.69 Å². The van der Waals surface area contributed by atoms with Gasteiger partial charge in [0, 0.05) is 6.54 Å². The largest absolute Gasteiger partial charge is 0.325 e. The number of halogens is 2. The van der Waals surface area contributed by atoms with Crippen molar-refractivity contribution in [1.29, 1.82) is 0 Å². The first-order chi connectivity index (χ1) is 8.17. The molecule has 0 unspecified atom stereocenters. The van der Waals surface area contributed by atoms with E-state index in [9.17, 15) is 4.39 Å². The fraction of sp³-hybridized carbons (Fsp3) is 0.273.